The van der Waals surface area contributed by atoms with Crippen LogP contribution in [0.2, 0.25) is 0 Å². The minimum Gasteiger partial charge on any atom is -0.450 e. The third-order valence-electron chi connectivity index (χ3n) is 4.21. The first-order valence-electron chi connectivity index (χ1n) is 9.06. The third-order valence-corrected chi connectivity index (χ3v) is 4.21. The van der Waals surface area contributed by atoms with Crippen molar-refractivity contribution < 1.29 is 14.3 Å². The Bertz CT molecular complexity index is 554. The van der Waals surface area contributed by atoms with Crippen LogP contribution in [-0.2, 0) is 4.74 Å². The van der Waals surface area contributed by atoms with Gasteiger partial charge in [0.05, 0.1) is 18.5 Å². The summed E-state index contributed by atoms with van der Waals surface area (Å²) in [7, 11) is 0. The van der Waals surface area contributed by atoms with Crippen LogP contribution in [-0.4, -0.2) is 54.2 Å². The highest BCUT2D eigenvalue weighted by Crippen LogP contribution is 2.13. The number of rotatable bonds is 7. The van der Waals surface area contributed by atoms with Gasteiger partial charge in [-0.1, -0.05) is 13.3 Å². The molecule has 2 heterocycles. The highest BCUT2D eigenvalue weighted by molar-refractivity contribution is 5.92. The molecule has 7 nitrogen and oxygen atoms in total. The average molecular weight is 348 g/mol. The van der Waals surface area contributed by atoms with Gasteiger partial charge in [0.25, 0.3) is 5.91 Å². The van der Waals surface area contributed by atoms with Crippen LogP contribution in [0.5, 0.6) is 0 Å². The quantitative estimate of drug-likeness (QED) is 0.740. The van der Waals surface area contributed by atoms with E-state index >= 15 is 0 Å². The summed E-state index contributed by atoms with van der Waals surface area (Å²) in [5.74, 6) is -0.172. The number of carbonyl (C=O) groups is 2. The molecule has 1 aliphatic heterocycles. The van der Waals surface area contributed by atoms with E-state index in [4.69, 9.17) is 4.74 Å². The summed E-state index contributed by atoms with van der Waals surface area (Å²) in [6.45, 7) is 6.41. The molecule has 0 atom stereocenters. The zero-order valence-corrected chi connectivity index (χ0v) is 15.1. The molecule has 138 valence electrons. The highest BCUT2D eigenvalue weighted by atomic mass is 16.6. The topological polar surface area (TPSA) is 83.6 Å². The zero-order valence-electron chi connectivity index (χ0n) is 15.1. The summed E-state index contributed by atoms with van der Waals surface area (Å²) in [6.07, 6.45) is 5.10. The third kappa shape index (κ3) is 5.92. The molecule has 2 rings (SSSR count). The van der Waals surface area contributed by atoms with Gasteiger partial charge in [0.2, 0.25) is 0 Å². The number of unbranched alkanes of at least 4 members (excludes halogenated alkanes) is 1. The number of piperidine rings is 1. The zero-order chi connectivity index (χ0) is 18.1. The fourth-order valence-electron chi connectivity index (χ4n) is 2.72. The number of ether oxygens (including phenoxy) is 1. The number of hydrogen-bond acceptors (Lipinski definition) is 5. The van der Waals surface area contributed by atoms with E-state index in [2.05, 4.69) is 22.5 Å². The van der Waals surface area contributed by atoms with Crippen LogP contribution in [0.15, 0.2) is 18.3 Å². The molecule has 0 spiro atoms. The van der Waals surface area contributed by atoms with Crippen molar-refractivity contribution >= 4 is 17.7 Å². The number of likely N-dealkylation sites (tertiary alicyclic amines) is 1. The van der Waals surface area contributed by atoms with Crippen molar-refractivity contribution in [2.45, 2.75) is 45.6 Å². The minimum atomic E-state index is -0.278. The van der Waals surface area contributed by atoms with Crippen molar-refractivity contribution in [3.05, 3.63) is 24.0 Å². The lowest BCUT2D eigenvalue weighted by molar-refractivity contribution is 0.0856. The van der Waals surface area contributed by atoms with Gasteiger partial charge in [-0.05, 0) is 38.3 Å². The summed E-state index contributed by atoms with van der Waals surface area (Å²) >= 11 is 0. The first-order valence-corrected chi connectivity index (χ1v) is 9.06. The Kier molecular flexibility index (Phi) is 7.50. The molecule has 1 fully saturated rings. The molecule has 2 amide bonds. The summed E-state index contributed by atoms with van der Waals surface area (Å²) in [4.78, 5) is 29.9. The predicted molar refractivity (Wildman–Crippen MR) is 96.7 cm³/mol. The van der Waals surface area contributed by atoms with Crippen LogP contribution < -0.4 is 10.6 Å². The molecular formula is C18H28N4O3. The second-order valence-corrected chi connectivity index (χ2v) is 6.15. The maximum atomic E-state index is 12.3. The van der Waals surface area contributed by atoms with E-state index in [1.54, 1.807) is 24.1 Å². The number of nitrogens with one attached hydrogen (secondary N) is 2. The summed E-state index contributed by atoms with van der Waals surface area (Å²) < 4.78 is 5.00. The van der Waals surface area contributed by atoms with Crippen LogP contribution in [0.4, 0.5) is 10.5 Å². The molecule has 0 radical (unpaired) electrons. The van der Waals surface area contributed by atoms with Gasteiger partial charge >= 0.3 is 6.09 Å². The van der Waals surface area contributed by atoms with Crippen molar-refractivity contribution in [1.29, 1.82) is 0 Å². The first kappa shape index (κ1) is 19.0. The largest absolute Gasteiger partial charge is 0.450 e. The van der Waals surface area contributed by atoms with Gasteiger partial charge < -0.3 is 20.3 Å². The Balaban J connectivity index is 1.77. The molecule has 0 bridgehead atoms. The molecule has 7 heteroatoms. The molecule has 1 aromatic rings. The predicted octanol–water partition coefficient (Wildman–Crippen LogP) is 2.64. The van der Waals surface area contributed by atoms with Gasteiger partial charge in [-0.25, -0.2) is 9.78 Å². The maximum absolute atomic E-state index is 12.3. The SMILES string of the molecule is CCCCNc1ccc(C(=O)NC2CCN(C(=O)OCC)CC2)nc1. The van der Waals surface area contributed by atoms with E-state index in [0.717, 1.165) is 37.9 Å². The van der Waals surface area contributed by atoms with Crippen LogP contribution in [0.1, 0.15) is 50.0 Å². The monoisotopic (exact) mass is 348 g/mol. The fraction of sp³-hybridized carbons (Fsp3) is 0.611. The van der Waals surface area contributed by atoms with E-state index in [0.29, 0.717) is 25.4 Å². The number of aromatic nitrogens is 1. The number of pyridine rings is 1. The van der Waals surface area contributed by atoms with Gasteiger partial charge in [0.15, 0.2) is 0 Å². The van der Waals surface area contributed by atoms with Gasteiger partial charge in [-0.3, -0.25) is 4.79 Å². The summed E-state index contributed by atoms with van der Waals surface area (Å²) in [5, 5.41) is 6.27. The van der Waals surface area contributed by atoms with Gasteiger partial charge in [-0.15, -0.1) is 0 Å². The number of anilines is 1. The van der Waals surface area contributed by atoms with E-state index in [9.17, 15) is 9.59 Å². The summed E-state index contributed by atoms with van der Waals surface area (Å²) in [5.41, 5.74) is 1.33. The normalized spacial score (nSPS) is 14.9. The Morgan fingerprint density at radius 3 is 2.64 bits per heavy atom. The molecule has 1 aliphatic rings. The lowest BCUT2D eigenvalue weighted by atomic mass is 10.1. The lowest BCUT2D eigenvalue weighted by Gasteiger charge is -2.31. The molecule has 0 aromatic carbocycles. The first-order chi connectivity index (χ1) is 12.1. The number of carbonyl (C=O) groups excluding carboxylic acids is 2. The Morgan fingerprint density at radius 2 is 2.04 bits per heavy atom. The van der Waals surface area contributed by atoms with Crippen molar-refractivity contribution in [1.82, 2.24) is 15.2 Å². The number of nitrogens with zero attached hydrogens (tertiary/aromatic N) is 2. The van der Waals surface area contributed by atoms with Crippen molar-refractivity contribution in [2.75, 3.05) is 31.6 Å². The van der Waals surface area contributed by atoms with Crippen molar-refractivity contribution in [3.63, 3.8) is 0 Å². The Hall–Kier alpha value is -2.31. The number of hydrogen-bond donors (Lipinski definition) is 2. The highest BCUT2D eigenvalue weighted by Gasteiger charge is 2.25. The smallest absolute Gasteiger partial charge is 0.409 e. The molecule has 0 aliphatic carbocycles. The van der Waals surface area contributed by atoms with E-state index in [1.807, 2.05) is 6.07 Å². The lowest BCUT2D eigenvalue weighted by Crippen LogP contribution is -2.46. The Morgan fingerprint density at radius 1 is 1.28 bits per heavy atom. The van der Waals surface area contributed by atoms with Gasteiger partial charge in [0, 0.05) is 25.7 Å². The average Bonchev–Trinajstić information content (AvgIpc) is 2.63. The molecule has 0 saturated carbocycles. The fourth-order valence-corrected chi connectivity index (χ4v) is 2.72. The van der Waals surface area contributed by atoms with E-state index in [1.165, 1.54) is 0 Å². The molecule has 25 heavy (non-hydrogen) atoms. The maximum Gasteiger partial charge on any atom is 0.409 e. The van der Waals surface area contributed by atoms with Crippen molar-refractivity contribution in [2.24, 2.45) is 0 Å². The second kappa shape index (κ2) is 9.86. The van der Waals surface area contributed by atoms with E-state index in [-0.39, 0.29) is 18.0 Å². The molecule has 2 N–H and O–H groups in total. The molecule has 0 unspecified atom stereocenters. The molecule has 1 saturated heterocycles. The van der Waals surface area contributed by atoms with Crippen LogP contribution in [0, 0.1) is 0 Å². The Labute approximate surface area is 149 Å². The van der Waals surface area contributed by atoms with E-state index < -0.39 is 0 Å². The summed E-state index contributed by atoms with van der Waals surface area (Å²) in [6, 6.07) is 3.67. The van der Waals surface area contributed by atoms with Gasteiger partial charge in [0.1, 0.15) is 5.69 Å². The van der Waals surface area contributed by atoms with Crippen molar-refractivity contribution in [3.8, 4) is 0 Å². The van der Waals surface area contributed by atoms with Gasteiger partial charge in [-0.2, -0.15) is 0 Å². The second-order valence-electron chi connectivity index (χ2n) is 6.15. The molecule has 1 aromatic heterocycles. The number of amides is 2. The molecular weight excluding hydrogens is 320 g/mol. The standard InChI is InChI=1S/C18H28N4O3/c1-3-5-10-19-15-6-7-16(20-13-15)17(23)21-14-8-11-22(12-9-14)18(24)25-4-2/h6-7,13-14,19H,3-5,8-12H2,1-2H3,(H,21,23). The minimum absolute atomic E-state index is 0.0577. The van der Waals surface area contributed by atoms with Crippen LogP contribution in [0.3, 0.4) is 0 Å². The van der Waals surface area contributed by atoms with Crippen LogP contribution in [0.25, 0.3) is 0 Å². The van der Waals surface area contributed by atoms with Crippen LogP contribution >= 0.6 is 0 Å².